The number of H-pyrrole nitrogens is 1. The minimum Gasteiger partial charge on any atom is -0.507 e. The van der Waals surface area contributed by atoms with Crippen LogP contribution >= 0.6 is 11.6 Å². The molecular weight excluding hydrogens is 420 g/mol. The Morgan fingerprint density at radius 3 is 2.90 bits per heavy atom. The van der Waals surface area contributed by atoms with Gasteiger partial charge < -0.3 is 20.5 Å². The first-order valence-corrected chi connectivity index (χ1v) is 10.6. The third-order valence-corrected chi connectivity index (χ3v) is 5.43. The predicted octanol–water partition coefficient (Wildman–Crippen LogP) is 4.11. The number of carbonyl (C=O) groups excluding carboxylic acids is 1. The van der Waals surface area contributed by atoms with Crippen LogP contribution in [0.5, 0.6) is 17.2 Å². The molecule has 0 fully saturated rings. The zero-order valence-electron chi connectivity index (χ0n) is 17.0. The molecule has 0 saturated carbocycles. The number of rotatable bonds is 8. The third-order valence-electron chi connectivity index (χ3n) is 5.15. The number of phenols is 1. The maximum Gasteiger partial charge on any atom is 0.267 e. The summed E-state index contributed by atoms with van der Waals surface area (Å²) in [6.07, 6.45) is 4.48. The third kappa shape index (κ3) is 4.56. The molecule has 2 aromatic carbocycles. The number of unbranched alkanes of at least 4 members (excludes halogenated alkanes) is 1. The van der Waals surface area contributed by atoms with Gasteiger partial charge in [-0.2, -0.15) is 5.21 Å². The molecule has 31 heavy (non-hydrogen) atoms. The van der Waals surface area contributed by atoms with Gasteiger partial charge in [-0.15, -0.1) is 5.10 Å². The minimum absolute atomic E-state index is 0.0997. The average molecular weight is 443 g/mol. The maximum absolute atomic E-state index is 12.4. The smallest absolute Gasteiger partial charge is 0.267 e. The fraction of sp³-hybridized carbons (Fsp3) is 0.333. The van der Waals surface area contributed by atoms with Crippen LogP contribution in [0.3, 0.4) is 0 Å². The summed E-state index contributed by atoms with van der Waals surface area (Å²) in [7, 11) is 0. The number of aromatic nitrogens is 4. The highest BCUT2D eigenvalue weighted by molar-refractivity contribution is 6.32. The fourth-order valence-electron chi connectivity index (χ4n) is 3.62. The molecule has 1 heterocycles. The number of aromatic hydroxyl groups is 1. The van der Waals surface area contributed by atoms with Crippen molar-refractivity contribution < 1.29 is 14.6 Å². The van der Waals surface area contributed by atoms with E-state index in [1.807, 2.05) is 6.92 Å². The van der Waals surface area contributed by atoms with E-state index in [1.165, 1.54) is 12.1 Å². The highest BCUT2D eigenvalue weighted by Crippen LogP contribution is 2.44. The quantitative estimate of drug-likeness (QED) is 0.387. The van der Waals surface area contributed by atoms with E-state index in [0.29, 0.717) is 29.0 Å². The van der Waals surface area contributed by atoms with Gasteiger partial charge in [0.25, 0.3) is 11.9 Å². The maximum atomic E-state index is 12.4. The number of aromatic amines is 1. The molecule has 1 aliphatic rings. The summed E-state index contributed by atoms with van der Waals surface area (Å²) in [6.45, 7) is 2.59. The van der Waals surface area contributed by atoms with Crippen LogP contribution in [0.25, 0.3) is 0 Å². The van der Waals surface area contributed by atoms with Gasteiger partial charge in [-0.05, 0) is 60.7 Å². The van der Waals surface area contributed by atoms with Crippen molar-refractivity contribution in [2.45, 2.75) is 39.0 Å². The number of halogens is 1. The van der Waals surface area contributed by atoms with Crippen LogP contribution in [0.2, 0.25) is 5.02 Å². The van der Waals surface area contributed by atoms with Gasteiger partial charge in [0.2, 0.25) is 0 Å². The Balaban J connectivity index is 1.60. The second kappa shape index (κ2) is 9.22. The molecule has 0 saturated heterocycles. The molecule has 3 aromatic rings. The number of tetrazole rings is 1. The molecule has 1 amide bonds. The molecule has 0 bridgehead atoms. The second-order valence-corrected chi connectivity index (χ2v) is 7.70. The van der Waals surface area contributed by atoms with Gasteiger partial charge in [0.05, 0.1) is 10.6 Å². The standard InChI is InChI=1S/C21H23ClN6O3/c1-2-3-9-23-20(30)15-10-12(7-8-18(15)29)31-19-14-6-4-5-13(14)17(11-16(19)22)24-21-25-27-28-26-21/h7-8,10-11,29H,2-6,9H2,1H3,(H,23,30)(H2,24,25,26,27,28). The lowest BCUT2D eigenvalue weighted by atomic mass is 10.1. The van der Waals surface area contributed by atoms with Crippen LogP contribution in [-0.2, 0) is 12.8 Å². The van der Waals surface area contributed by atoms with Crippen LogP contribution in [0.1, 0.15) is 47.7 Å². The van der Waals surface area contributed by atoms with Gasteiger partial charge in [-0.3, -0.25) is 4.79 Å². The van der Waals surface area contributed by atoms with Crippen molar-refractivity contribution in [3.05, 3.63) is 46.0 Å². The van der Waals surface area contributed by atoms with Crippen LogP contribution < -0.4 is 15.4 Å². The molecule has 4 rings (SSSR count). The number of nitrogens with zero attached hydrogens (tertiary/aromatic N) is 3. The summed E-state index contributed by atoms with van der Waals surface area (Å²) in [5.41, 5.74) is 3.06. The predicted molar refractivity (Wildman–Crippen MR) is 116 cm³/mol. The summed E-state index contributed by atoms with van der Waals surface area (Å²) < 4.78 is 6.11. The van der Waals surface area contributed by atoms with E-state index in [9.17, 15) is 9.90 Å². The van der Waals surface area contributed by atoms with E-state index in [4.69, 9.17) is 16.3 Å². The molecule has 0 spiro atoms. The number of phenolic OH excluding ortho intramolecular Hbond substituents is 1. The summed E-state index contributed by atoms with van der Waals surface area (Å²) in [5, 5.41) is 30.3. The monoisotopic (exact) mass is 442 g/mol. The number of ether oxygens (including phenoxy) is 1. The number of amides is 1. The number of anilines is 2. The number of carbonyl (C=O) groups is 1. The lowest BCUT2D eigenvalue weighted by molar-refractivity contribution is 0.0950. The van der Waals surface area contributed by atoms with E-state index < -0.39 is 0 Å². The van der Waals surface area contributed by atoms with Gasteiger partial charge >= 0.3 is 0 Å². The number of fused-ring (bicyclic) bond motifs is 1. The van der Waals surface area contributed by atoms with Crippen LogP contribution in [0, 0.1) is 0 Å². The normalized spacial score (nSPS) is 12.5. The Morgan fingerprint density at radius 2 is 2.13 bits per heavy atom. The molecule has 0 aliphatic heterocycles. The molecule has 0 radical (unpaired) electrons. The van der Waals surface area contributed by atoms with Crippen LogP contribution in [-0.4, -0.2) is 38.2 Å². The summed E-state index contributed by atoms with van der Waals surface area (Å²) >= 11 is 6.56. The summed E-state index contributed by atoms with van der Waals surface area (Å²) in [4.78, 5) is 12.4. The average Bonchev–Trinajstić information content (AvgIpc) is 3.44. The van der Waals surface area contributed by atoms with Crippen molar-refractivity contribution in [1.29, 1.82) is 0 Å². The Kier molecular flexibility index (Phi) is 6.22. The Hall–Kier alpha value is -3.33. The highest BCUT2D eigenvalue weighted by atomic mass is 35.5. The molecule has 4 N–H and O–H groups in total. The molecular formula is C21H23ClN6O3. The SMILES string of the molecule is CCCCNC(=O)c1cc(Oc2c(Cl)cc(Nc3nn[nH]n3)c3c2CCC3)ccc1O. The van der Waals surface area contributed by atoms with Gasteiger partial charge in [0.1, 0.15) is 17.2 Å². The Morgan fingerprint density at radius 1 is 1.29 bits per heavy atom. The van der Waals surface area contributed by atoms with Crippen molar-refractivity contribution in [1.82, 2.24) is 25.9 Å². The van der Waals surface area contributed by atoms with E-state index in [2.05, 4.69) is 31.3 Å². The van der Waals surface area contributed by atoms with Gasteiger partial charge in [-0.25, -0.2) is 0 Å². The van der Waals surface area contributed by atoms with Crippen LogP contribution in [0.4, 0.5) is 11.6 Å². The van der Waals surface area contributed by atoms with Crippen LogP contribution in [0.15, 0.2) is 24.3 Å². The van der Waals surface area contributed by atoms with Crippen molar-refractivity contribution in [3.63, 3.8) is 0 Å². The number of benzene rings is 2. The van der Waals surface area contributed by atoms with E-state index in [1.54, 1.807) is 12.1 Å². The lowest BCUT2D eigenvalue weighted by Crippen LogP contribution is -2.24. The number of hydrogen-bond acceptors (Lipinski definition) is 7. The fourth-order valence-corrected chi connectivity index (χ4v) is 3.89. The van der Waals surface area contributed by atoms with Crippen molar-refractivity contribution >= 4 is 29.1 Å². The van der Waals surface area contributed by atoms with Crippen molar-refractivity contribution in [2.75, 3.05) is 11.9 Å². The first kappa shape index (κ1) is 20.9. The zero-order chi connectivity index (χ0) is 21.8. The molecule has 9 nitrogen and oxygen atoms in total. The van der Waals surface area contributed by atoms with Gasteiger partial charge in [0.15, 0.2) is 0 Å². The van der Waals surface area contributed by atoms with E-state index in [-0.39, 0.29) is 17.2 Å². The van der Waals surface area contributed by atoms with Gasteiger partial charge in [0, 0.05) is 17.8 Å². The largest absolute Gasteiger partial charge is 0.507 e. The Bertz CT molecular complexity index is 1090. The first-order valence-electron chi connectivity index (χ1n) is 10.2. The molecule has 0 unspecified atom stereocenters. The zero-order valence-corrected chi connectivity index (χ0v) is 17.8. The number of nitrogens with one attached hydrogen (secondary N) is 3. The van der Waals surface area contributed by atoms with E-state index >= 15 is 0 Å². The molecule has 162 valence electrons. The molecule has 0 atom stereocenters. The van der Waals surface area contributed by atoms with Crippen molar-refractivity contribution in [3.8, 4) is 17.2 Å². The summed E-state index contributed by atoms with van der Waals surface area (Å²) in [5.74, 6) is 0.894. The van der Waals surface area contributed by atoms with E-state index in [0.717, 1.165) is 48.9 Å². The minimum atomic E-state index is -0.340. The molecule has 10 heteroatoms. The molecule has 1 aromatic heterocycles. The van der Waals surface area contributed by atoms with Gasteiger partial charge in [-0.1, -0.05) is 30.0 Å². The first-order chi connectivity index (χ1) is 15.1. The topological polar surface area (TPSA) is 125 Å². The summed E-state index contributed by atoms with van der Waals surface area (Å²) in [6, 6.07) is 6.36. The lowest BCUT2D eigenvalue weighted by Gasteiger charge is -2.17. The van der Waals surface area contributed by atoms with Crippen molar-refractivity contribution in [2.24, 2.45) is 0 Å². The highest BCUT2D eigenvalue weighted by Gasteiger charge is 2.24. The number of hydrogen-bond donors (Lipinski definition) is 4. The molecule has 1 aliphatic carbocycles. The second-order valence-electron chi connectivity index (χ2n) is 7.30. The Labute approximate surface area is 184 Å².